The van der Waals surface area contributed by atoms with Crippen molar-refractivity contribution < 1.29 is 0 Å². The van der Waals surface area contributed by atoms with Gasteiger partial charge in [0.15, 0.2) is 0 Å². The zero-order valence-electron chi connectivity index (χ0n) is 8.44. The van der Waals surface area contributed by atoms with Crippen molar-refractivity contribution in [2.75, 3.05) is 0 Å². The third-order valence-corrected chi connectivity index (χ3v) is 4.28. The summed E-state index contributed by atoms with van der Waals surface area (Å²) >= 11 is 0.0260. The Hall–Kier alpha value is 0.0896. The van der Waals surface area contributed by atoms with E-state index in [-0.39, 0.29) is 20.9 Å². The minimum atomic E-state index is 0.0260. The van der Waals surface area contributed by atoms with Gasteiger partial charge in [-0.3, -0.25) is 0 Å². The zero-order valence-corrected chi connectivity index (χ0v) is 10.8. The summed E-state index contributed by atoms with van der Waals surface area (Å²) in [6, 6.07) is 0. The van der Waals surface area contributed by atoms with Gasteiger partial charge in [0, 0.05) is 0 Å². The molecular formula is C12H18Te. The number of allylic oxidation sites excluding steroid dienone is 2. The molecule has 1 heteroatoms. The quantitative estimate of drug-likeness (QED) is 0.424. The molecule has 0 aromatic carbocycles. The molecule has 0 unspecified atom stereocenters. The van der Waals surface area contributed by atoms with E-state index in [1.165, 1.54) is 48.6 Å². The van der Waals surface area contributed by atoms with Gasteiger partial charge in [-0.2, -0.15) is 0 Å². The fourth-order valence-corrected chi connectivity index (χ4v) is 3.43. The van der Waals surface area contributed by atoms with Crippen LogP contribution in [0.2, 0.25) is 4.47 Å². The Labute approximate surface area is 92.3 Å². The van der Waals surface area contributed by atoms with Crippen LogP contribution >= 0.6 is 0 Å². The average molecular weight is 290 g/mol. The summed E-state index contributed by atoms with van der Waals surface area (Å²) in [4.78, 5) is 0. The van der Waals surface area contributed by atoms with Gasteiger partial charge in [-0.15, -0.1) is 0 Å². The van der Waals surface area contributed by atoms with Gasteiger partial charge in [0.25, 0.3) is 0 Å². The third-order valence-electron chi connectivity index (χ3n) is 2.17. The van der Waals surface area contributed by atoms with E-state index in [9.17, 15) is 0 Å². The second-order valence-electron chi connectivity index (χ2n) is 3.40. The van der Waals surface area contributed by atoms with Crippen LogP contribution in [0, 0.1) is 9.89 Å². The normalized spacial score (nSPS) is 15.9. The van der Waals surface area contributed by atoms with E-state index in [2.05, 4.69) is 22.9 Å². The van der Waals surface area contributed by atoms with Crippen molar-refractivity contribution >= 4 is 20.9 Å². The summed E-state index contributed by atoms with van der Waals surface area (Å²) in [7, 11) is 0. The Morgan fingerprint density at radius 2 is 2.38 bits per heavy atom. The van der Waals surface area contributed by atoms with Gasteiger partial charge in [-0.25, -0.2) is 0 Å². The SMILES string of the molecule is CCCC[Te]C#CC1=CCCCC1. The Kier molecular flexibility index (Phi) is 6.43. The molecule has 1 rings (SSSR count). The van der Waals surface area contributed by atoms with Crippen LogP contribution in [0.3, 0.4) is 0 Å². The summed E-state index contributed by atoms with van der Waals surface area (Å²) in [5.41, 5.74) is 1.42. The molecule has 0 radical (unpaired) electrons. The standard InChI is InChI=1S/C12H18Te/c1-2-3-10-13-11-9-12-7-5-4-6-8-12/h7H,2-6,8,10H2,1H3. The van der Waals surface area contributed by atoms with E-state index in [1.54, 1.807) is 0 Å². The van der Waals surface area contributed by atoms with Crippen LogP contribution < -0.4 is 0 Å². The summed E-state index contributed by atoms with van der Waals surface area (Å²) in [5, 5.41) is 0. The van der Waals surface area contributed by atoms with E-state index >= 15 is 0 Å². The molecule has 0 spiro atoms. The molecule has 72 valence electrons. The zero-order chi connectivity index (χ0) is 9.36. The first-order chi connectivity index (χ1) is 6.43. The van der Waals surface area contributed by atoms with Crippen molar-refractivity contribution in [1.29, 1.82) is 0 Å². The van der Waals surface area contributed by atoms with E-state index in [0.717, 1.165) is 0 Å². The molecule has 0 saturated carbocycles. The average Bonchev–Trinajstić information content (AvgIpc) is 2.19. The Bertz CT molecular complexity index is 217. The van der Waals surface area contributed by atoms with E-state index < -0.39 is 0 Å². The molecule has 0 aromatic rings. The Morgan fingerprint density at radius 1 is 1.46 bits per heavy atom. The van der Waals surface area contributed by atoms with E-state index in [4.69, 9.17) is 0 Å². The fourth-order valence-electron chi connectivity index (χ4n) is 1.32. The Morgan fingerprint density at radius 3 is 3.08 bits per heavy atom. The molecule has 0 atom stereocenters. The van der Waals surface area contributed by atoms with Gasteiger partial charge in [0.1, 0.15) is 0 Å². The second kappa shape index (κ2) is 7.49. The molecule has 0 nitrogen and oxygen atoms in total. The van der Waals surface area contributed by atoms with Gasteiger partial charge in [-0.05, 0) is 0 Å². The molecule has 0 bridgehead atoms. The van der Waals surface area contributed by atoms with Crippen LogP contribution in [0.15, 0.2) is 11.6 Å². The van der Waals surface area contributed by atoms with Crippen LogP contribution in [0.1, 0.15) is 45.4 Å². The number of hydrogen-bond acceptors (Lipinski definition) is 0. The summed E-state index contributed by atoms with van der Waals surface area (Å²) < 4.78 is 4.81. The van der Waals surface area contributed by atoms with Crippen LogP contribution in [-0.2, 0) is 0 Å². The van der Waals surface area contributed by atoms with Crippen molar-refractivity contribution in [2.45, 2.75) is 49.9 Å². The van der Waals surface area contributed by atoms with Crippen LogP contribution in [0.4, 0.5) is 0 Å². The fraction of sp³-hybridized carbons (Fsp3) is 0.667. The first-order valence-corrected chi connectivity index (χ1v) is 8.06. The maximum absolute atomic E-state index is 3.40. The van der Waals surface area contributed by atoms with Crippen molar-refractivity contribution in [3.8, 4) is 9.89 Å². The number of hydrogen-bond donors (Lipinski definition) is 0. The van der Waals surface area contributed by atoms with Crippen LogP contribution in [-0.4, -0.2) is 20.9 Å². The number of unbranched alkanes of at least 4 members (excludes halogenated alkanes) is 1. The predicted octanol–water partition coefficient (Wildman–Crippen LogP) is 3.37. The van der Waals surface area contributed by atoms with Crippen molar-refractivity contribution in [2.24, 2.45) is 0 Å². The molecule has 0 fully saturated rings. The predicted molar refractivity (Wildman–Crippen MR) is 59.8 cm³/mol. The molecule has 1 aliphatic carbocycles. The van der Waals surface area contributed by atoms with Crippen LogP contribution in [0.5, 0.6) is 0 Å². The first kappa shape index (κ1) is 11.2. The molecule has 0 aliphatic heterocycles. The van der Waals surface area contributed by atoms with Gasteiger partial charge in [0.05, 0.1) is 0 Å². The van der Waals surface area contributed by atoms with Gasteiger partial charge in [-0.1, -0.05) is 0 Å². The topological polar surface area (TPSA) is 0 Å². The minimum absolute atomic E-state index is 0.0260. The van der Waals surface area contributed by atoms with E-state index in [1.807, 2.05) is 0 Å². The molecule has 0 saturated heterocycles. The molecule has 1 aliphatic rings. The first-order valence-electron chi connectivity index (χ1n) is 5.25. The molecular weight excluding hydrogens is 272 g/mol. The Balaban J connectivity index is 2.17. The summed E-state index contributed by atoms with van der Waals surface area (Å²) in [6.45, 7) is 2.25. The molecule has 0 N–H and O–H groups in total. The van der Waals surface area contributed by atoms with Gasteiger partial charge < -0.3 is 0 Å². The summed E-state index contributed by atoms with van der Waals surface area (Å²) in [5.74, 6) is 3.35. The monoisotopic (exact) mass is 292 g/mol. The molecule has 0 heterocycles. The molecule has 13 heavy (non-hydrogen) atoms. The van der Waals surface area contributed by atoms with Crippen molar-refractivity contribution in [1.82, 2.24) is 0 Å². The van der Waals surface area contributed by atoms with Crippen LogP contribution in [0.25, 0.3) is 0 Å². The van der Waals surface area contributed by atoms with Gasteiger partial charge in [0.2, 0.25) is 0 Å². The summed E-state index contributed by atoms with van der Waals surface area (Å²) in [6.07, 6.45) is 10.3. The van der Waals surface area contributed by atoms with Gasteiger partial charge >= 0.3 is 92.4 Å². The number of rotatable bonds is 3. The molecule has 0 amide bonds. The maximum atomic E-state index is 3.40. The van der Waals surface area contributed by atoms with Crippen molar-refractivity contribution in [3.63, 3.8) is 0 Å². The van der Waals surface area contributed by atoms with Crippen molar-refractivity contribution in [3.05, 3.63) is 11.6 Å². The third kappa shape index (κ3) is 5.41. The second-order valence-corrected chi connectivity index (χ2v) is 5.98. The molecule has 0 aromatic heterocycles. The van der Waals surface area contributed by atoms with E-state index in [0.29, 0.717) is 0 Å².